The van der Waals surface area contributed by atoms with E-state index >= 15 is 0 Å². The summed E-state index contributed by atoms with van der Waals surface area (Å²) in [6, 6.07) is 0. The molecule has 0 bridgehead atoms. The van der Waals surface area contributed by atoms with E-state index in [0.29, 0.717) is 0 Å². The first kappa shape index (κ1) is 12.4. The van der Waals surface area contributed by atoms with Crippen molar-refractivity contribution in [2.45, 2.75) is 64.5 Å². The largest absolute Gasteiger partial charge is 0.159 e. The molecule has 0 aromatic heterocycles. The summed E-state index contributed by atoms with van der Waals surface area (Å²) in [4.78, 5) is 0. The molecule has 2 unspecified atom stereocenters. The summed E-state index contributed by atoms with van der Waals surface area (Å²) in [5.74, 6) is 3.24. The number of hydrogen-bond acceptors (Lipinski definition) is 1. The fourth-order valence-corrected chi connectivity index (χ4v) is 3.79. The second-order valence-electron chi connectivity index (χ2n) is 5.01. The molecule has 0 aromatic rings. The molecule has 1 fully saturated rings. The molecule has 14 heavy (non-hydrogen) atoms. The Balaban J connectivity index is 2.30. The van der Waals surface area contributed by atoms with Gasteiger partial charge in [0.05, 0.1) is 0 Å². The lowest BCUT2D eigenvalue weighted by Crippen LogP contribution is -2.22. The Labute approximate surface area is 94.2 Å². The van der Waals surface area contributed by atoms with Gasteiger partial charge in [0.2, 0.25) is 0 Å². The van der Waals surface area contributed by atoms with Crippen molar-refractivity contribution < 1.29 is 0 Å². The molecule has 0 saturated heterocycles. The molecule has 1 rings (SSSR count). The van der Waals surface area contributed by atoms with Crippen LogP contribution < -0.4 is 0 Å². The zero-order valence-corrected chi connectivity index (χ0v) is 10.9. The Morgan fingerprint density at radius 1 is 1.21 bits per heavy atom. The highest BCUT2D eigenvalue weighted by atomic mass is 32.2. The predicted molar refractivity (Wildman–Crippen MR) is 68.0 cm³/mol. The molecule has 0 nitrogen and oxygen atoms in total. The van der Waals surface area contributed by atoms with E-state index in [-0.39, 0.29) is 0 Å². The van der Waals surface area contributed by atoms with Crippen molar-refractivity contribution in [2.75, 3.05) is 5.75 Å². The van der Waals surface area contributed by atoms with Crippen molar-refractivity contribution in [3.05, 3.63) is 0 Å². The molecule has 0 heterocycles. The fourth-order valence-electron chi connectivity index (χ4n) is 2.48. The van der Waals surface area contributed by atoms with E-state index in [9.17, 15) is 0 Å². The predicted octanol–water partition coefficient (Wildman–Crippen LogP) is 4.73. The summed E-state index contributed by atoms with van der Waals surface area (Å²) in [5, 5.41) is 0.993. The zero-order valence-electron chi connectivity index (χ0n) is 10.1. The third-order valence-corrected chi connectivity index (χ3v) is 4.72. The van der Waals surface area contributed by atoms with Crippen molar-refractivity contribution in [1.82, 2.24) is 0 Å². The van der Waals surface area contributed by atoms with Crippen molar-refractivity contribution in [3.8, 4) is 0 Å². The van der Waals surface area contributed by atoms with Gasteiger partial charge in [0.1, 0.15) is 0 Å². The average Bonchev–Trinajstić information content (AvgIpc) is 2.17. The fraction of sp³-hybridized carbons (Fsp3) is 1.00. The van der Waals surface area contributed by atoms with E-state index in [0.717, 1.165) is 17.1 Å². The molecular weight excluding hydrogens is 188 g/mol. The van der Waals surface area contributed by atoms with Gasteiger partial charge in [0.25, 0.3) is 0 Å². The van der Waals surface area contributed by atoms with Crippen LogP contribution in [0.5, 0.6) is 0 Å². The van der Waals surface area contributed by atoms with Gasteiger partial charge in [0, 0.05) is 5.25 Å². The third kappa shape index (κ3) is 4.25. The molecule has 0 amide bonds. The molecule has 84 valence electrons. The van der Waals surface area contributed by atoms with Crippen LogP contribution >= 0.6 is 11.8 Å². The Hall–Kier alpha value is 0.350. The summed E-state index contributed by atoms with van der Waals surface area (Å²) in [6.07, 6.45) is 8.88. The van der Waals surface area contributed by atoms with E-state index in [1.807, 2.05) is 0 Å². The van der Waals surface area contributed by atoms with Crippen LogP contribution in [0.3, 0.4) is 0 Å². The van der Waals surface area contributed by atoms with Crippen LogP contribution in [0.2, 0.25) is 0 Å². The summed E-state index contributed by atoms with van der Waals surface area (Å²) < 4.78 is 0. The maximum atomic E-state index is 2.35. The molecule has 0 radical (unpaired) electrons. The molecule has 1 heteroatoms. The van der Waals surface area contributed by atoms with Gasteiger partial charge in [-0.05, 0) is 36.9 Å². The summed E-state index contributed by atoms with van der Waals surface area (Å²) in [6.45, 7) is 7.01. The molecule has 1 aliphatic rings. The van der Waals surface area contributed by atoms with E-state index in [2.05, 4.69) is 32.5 Å². The molecule has 1 aliphatic carbocycles. The van der Waals surface area contributed by atoms with Gasteiger partial charge in [-0.25, -0.2) is 0 Å². The molecule has 2 atom stereocenters. The van der Waals surface area contributed by atoms with E-state index < -0.39 is 0 Å². The van der Waals surface area contributed by atoms with Crippen LogP contribution in [0.1, 0.15) is 59.3 Å². The van der Waals surface area contributed by atoms with E-state index in [4.69, 9.17) is 0 Å². The number of thioether (sulfide) groups is 1. The lowest BCUT2D eigenvalue weighted by atomic mass is 9.84. The summed E-state index contributed by atoms with van der Waals surface area (Å²) in [7, 11) is 0. The third-order valence-electron chi connectivity index (χ3n) is 3.33. The van der Waals surface area contributed by atoms with Crippen molar-refractivity contribution in [1.29, 1.82) is 0 Å². The Kier molecular flexibility index (Phi) is 6.00. The van der Waals surface area contributed by atoms with Gasteiger partial charge in [-0.3, -0.25) is 0 Å². The maximum absolute atomic E-state index is 2.35. The van der Waals surface area contributed by atoms with Crippen LogP contribution in [0, 0.1) is 11.8 Å². The lowest BCUT2D eigenvalue weighted by Gasteiger charge is -2.31. The minimum Gasteiger partial charge on any atom is -0.159 e. The Bertz CT molecular complexity index is 140. The van der Waals surface area contributed by atoms with Gasteiger partial charge >= 0.3 is 0 Å². The maximum Gasteiger partial charge on any atom is 0.00752 e. The summed E-state index contributed by atoms with van der Waals surface area (Å²) in [5.41, 5.74) is 0. The van der Waals surface area contributed by atoms with Crippen LogP contribution in [0.15, 0.2) is 0 Å². The van der Waals surface area contributed by atoms with Crippen LogP contribution in [0.25, 0.3) is 0 Å². The topological polar surface area (TPSA) is 0 Å². The van der Waals surface area contributed by atoms with Gasteiger partial charge < -0.3 is 0 Å². The smallest absolute Gasteiger partial charge is 0.00752 e. The van der Waals surface area contributed by atoms with E-state index in [1.54, 1.807) is 0 Å². The molecule has 1 saturated carbocycles. The van der Waals surface area contributed by atoms with Gasteiger partial charge in [-0.1, -0.05) is 40.0 Å². The highest BCUT2D eigenvalue weighted by molar-refractivity contribution is 7.99. The van der Waals surface area contributed by atoms with Gasteiger partial charge in [0.15, 0.2) is 0 Å². The molecule has 0 spiro atoms. The first-order valence-corrected chi connectivity index (χ1v) is 7.40. The molecule has 0 aliphatic heterocycles. The van der Waals surface area contributed by atoms with Gasteiger partial charge in [-0.15, -0.1) is 0 Å². The minimum atomic E-state index is 0.893. The van der Waals surface area contributed by atoms with E-state index in [1.165, 1.54) is 44.3 Å². The lowest BCUT2D eigenvalue weighted by molar-refractivity contribution is 0.327. The average molecular weight is 214 g/mol. The standard InChI is InChI=1S/C13H26S/c1-4-14-13-8-6-5-7-12(13)10-9-11(2)3/h11-13H,4-10H2,1-3H3. The number of rotatable bonds is 5. The highest BCUT2D eigenvalue weighted by Gasteiger charge is 2.24. The Morgan fingerprint density at radius 3 is 2.57 bits per heavy atom. The molecule has 0 N–H and O–H groups in total. The van der Waals surface area contributed by atoms with Crippen molar-refractivity contribution in [3.63, 3.8) is 0 Å². The minimum absolute atomic E-state index is 0.893. The first-order valence-electron chi connectivity index (χ1n) is 6.35. The van der Waals surface area contributed by atoms with Crippen LogP contribution in [-0.2, 0) is 0 Å². The molecular formula is C13H26S. The van der Waals surface area contributed by atoms with Crippen LogP contribution in [0.4, 0.5) is 0 Å². The normalized spacial score (nSPS) is 28.3. The van der Waals surface area contributed by atoms with Crippen molar-refractivity contribution in [2.24, 2.45) is 11.8 Å². The molecule has 0 aromatic carbocycles. The van der Waals surface area contributed by atoms with Crippen LogP contribution in [-0.4, -0.2) is 11.0 Å². The van der Waals surface area contributed by atoms with Crippen molar-refractivity contribution >= 4 is 11.8 Å². The monoisotopic (exact) mass is 214 g/mol. The van der Waals surface area contributed by atoms with Gasteiger partial charge in [-0.2, -0.15) is 11.8 Å². The quantitative estimate of drug-likeness (QED) is 0.637. The zero-order chi connectivity index (χ0) is 10.4. The second-order valence-corrected chi connectivity index (χ2v) is 6.53. The summed E-state index contributed by atoms with van der Waals surface area (Å²) >= 11 is 2.21. The highest BCUT2D eigenvalue weighted by Crippen LogP contribution is 2.36. The SMILES string of the molecule is CCSC1CCCCC1CCC(C)C. The number of hydrogen-bond donors (Lipinski definition) is 0. The second kappa shape index (κ2) is 6.76. The Morgan fingerprint density at radius 2 is 1.93 bits per heavy atom. The first-order chi connectivity index (χ1) is 6.74.